The number of hydrogen-bond donors (Lipinski definition) is 2. The Morgan fingerprint density at radius 1 is 0.938 bits per heavy atom. The van der Waals surface area contributed by atoms with Crippen molar-refractivity contribution in [2.75, 3.05) is 18.4 Å². The second-order valence-electron chi connectivity index (χ2n) is 8.60. The lowest BCUT2D eigenvalue weighted by atomic mass is 10.1. The van der Waals surface area contributed by atoms with Crippen LogP contribution in [-0.2, 0) is 19.6 Å². The number of amides is 2. The highest BCUT2D eigenvalue weighted by Gasteiger charge is 2.37. The number of hydrogen-bond acceptors (Lipinski definition) is 4. The van der Waals surface area contributed by atoms with Crippen LogP contribution in [0, 0.1) is 34.6 Å². The van der Waals surface area contributed by atoms with E-state index in [2.05, 4.69) is 10.6 Å². The summed E-state index contributed by atoms with van der Waals surface area (Å²) in [5.74, 6) is -1.55. The molecule has 1 aliphatic heterocycles. The van der Waals surface area contributed by atoms with Crippen molar-refractivity contribution in [1.82, 2.24) is 9.62 Å². The molecule has 1 fully saturated rings. The maximum Gasteiger partial charge on any atom is 0.313 e. The lowest BCUT2D eigenvalue weighted by molar-refractivity contribution is -0.136. The molecule has 2 aromatic carbocycles. The van der Waals surface area contributed by atoms with Gasteiger partial charge in [-0.15, -0.1) is 0 Å². The van der Waals surface area contributed by atoms with Crippen molar-refractivity contribution in [3.63, 3.8) is 0 Å². The van der Waals surface area contributed by atoms with Crippen molar-refractivity contribution in [3.05, 3.63) is 58.1 Å². The zero-order valence-corrected chi connectivity index (χ0v) is 20.1. The van der Waals surface area contributed by atoms with Gasteiger partial charge in [-0.2, -0.15) is 4.31 Å². The molecule has 1 aliphatic rings. The largest absolute Gasteiger partial charge is 0.346 e. The minimum absolute atomic E-state index is 0.0857. The number of benzene rings is 2. The van der Waals surface area contributed by atoms with Crippen LogP contribution in [0.3, 0.4) is 0 Å². The standard InChI is InChI=1S/C24H31N3O4S/c1-15-11-18(4)22(19(5)12-15)32(30,31)27-10-6-7-21(27)14-25-23(28)24(29)26-20-9-8-16(2)17(3)13-20/h8-9,11-13,21H,6-7,10,14H2,1-5H3,(H,25,28)(H,26,29)/t21-/m0/s1. The third kappa shape index (κ3) is 5.02. The average molecular weight is 458 g/mol. The molecule has 2 amide bonds. The molecule has 0 aliphatic carbocycles. The molecule has 8 heteroatoms. The fraction of sp³-hybridized carbons (Fsp3) is 0.417. The maximum atomic E-state index is 13.4. The summed E-state index contributed by atoms with van der Waals surface area (Å²) in [4.78, 5) is 24.9. The van der Waals surface area contributed by atoms with Gasteiger partial charge in [0.25, 0.3) is 0 Å². The molecule has 2 N–H and O–H groups in total. The van der Waals surface area contributed by atoms with Crippen molar-refractivity contribution in [1.29, 1.82) is 0 Å². The summed E-state index contributed by atoms with van der Waals surface area (Å²) >= 11 is 0. The minimum Gasteiger partial charge on any atom is -0.346 e. The predicted molar refractivity (Wildman–Crippen MR) is 125 cm³/mol. The molecule has 1 atom stereocenters. The van der Waals surface area contributed by atoms with Crippen LogP contribution in [0.25, 0.3) is 0 Å². The highest BCUT2D eigenvalue weighted by Crippen LogP contribution is 2.30. The number of nitrogens with one attached hydrogen (secondary N) is 2. The van der Waals surface area contributed by atoms with Gasteiger partial charge in [-0.3, -0.25) is 9.59 Å². The number of nitrogens with zero attached hydrogens (tertiary/aromatic N) is 1. The second-order valence-corrected chi connectivity index (χ2v) is 10.4. The van der Waals surface area contributed by atoms with Crippen molar-refractivity contribution >= 4 is 27.5 Å². The van der Waals surface area contributed by atoms with Crippen LogP contribution in [0.5, 0.6) is 0 Å². The van der Waals surface area contributed by atoms with Gasteiger partial charge in [-0.25, -0.2) is 8.42 Å². The fourth-order valence-electron chi connectivity index (χ4n) is 4.32. The third-order valence-electron chi connectivity index (χ3n) is 5.96. The van der Waals surface area contributed by atoms with Crippen LogP contribution in [0.1, 0.15) is 40.7 Å². The lowest BCUT2D eigenvalue weighted by Crippen LogP contribution is -2.45. The van der Waals surface area contributed by atoms with Crippen molar-refractivity contribution in [2.45, 2.75) is 58.4 Å². The SMILES string of the molecule is Cc1cc(C)c(S(=O)(=O)N2CCC[C@H]2CNC(=O)C(=O)Nc2ccc(C)c(C)c2)c(C)c1. The number of anilines is 1. The highest BCUT2D eigenvalue weighted by atomic mass is 32.2. The first kappa shape index (κ1) is 23.9. The molecule has 172 valence electrons. The Labute approximate surface area is 190 Å². The van der Waals surface area contributed by atoms with Crippen molar-refractivity contribution < 1.29 is 18.0 Å². The number of carbonyl (C=O) groups is 2. The molecule has 1 heterocycles. The fourth-order valence-corrected chi connectivity index (χ4v) is 6.43. The van der Waals surface area contributed by atoms with E-state index in [1.807, 2.05) is 39.0 Å². The van der Waals surface area contributed by atoms with E-state index in [1.165, 1.54) is 4.31 Å². The summed E-state index contributed by atoms with van der Waals surface area (Å²) < 4.78 is 28.3. The van der Waals surface area contributed by atoms with Gasteiger partial charge in [-0.1, -0.05) is 23.8 Å². The van der Waals surface area contributed by atoms with E-state index < -0.39 is 27.9 Å². The number of carbonyl (C=O) groups excluding carboxylic acids is 2. The van der Waals surface area contributed by atoms with Gasteiger partial charge in [0.05, 0.1) is 4.90 Å². The van der Waals surface area contributed by atoms with E-state index in [9.17, 15) is 18.0 Å². The van der Waals surface area contributed by atoms with Gasteiger partial charge in [0.2, 0.25) is 10.0 Å². The van der Waals surface area contributed by atoms with Gasteiger partial charge in [0.1, 0.15) is 0 Å². The quantitative estimate of drug-likeness (QED) is 0.675. The Hall–Kier alpha value is -2.71. The molecule has 0 bridgehead atoms. The van der Waals surface area contributed by atoms with E-state index in [0.29, 0.717) is 41.1 Å². The van der Waals surface area contributed by atoms with Gasteiger partial charge in [0.15, 0.2) is 0 Å². The average Bonchev–Trinajstić information content (AvgIpc) is 3.17. The van der Waals surface area contributed by atoms with E-state index in [-0.39, 0.29) is 6.54 Å². The van der Waals surface area contributed by atoms with E-state index >= 15 is 0 Å². The maximum absolute atomic E-state index is 13.4. The normalized spacial score (nSPS) is 16.7. The molecule has 0 radical (unpaired) electrons. The highest BCUT2D eigenvalue weighted by molar-refractivity contribution is 7.89. The Bertz CT molecular complexity index is 1130. The lowest BCUT2D eigenvalue weighted by Gasteiger charge is -2.26. The Balaban J connectivity index is 1.68. The minimum atomic E-state index is -3.71. The summed E-state index contributed by atoms with van der Waals surface area (Å²) in [7, 11) is -3.71. The smallest absolute Gasteiger partial charge is 0.313 e. The zero-order valence-electron chi connectivity index (χ0n) is 19.3. The van der Waals surface area contributed by atoms with Crippen LogP contribution in [0.15, 0.2) is 35.2 Å². The van der Waals surface area contributed by atoms with Gasteiger partial charge < -0.3 is 10.6 Å². The molecule has 0 unspecified atom stereocenters. The molecule has 0 spiro atoms. The first-order chi connectivity index (χ1) is 15.0. The third-order valence-corrected chi connectivity index (χ3v) is 8.22. The Kier molecular flexibility index (Phi) is 7.05. The summed E-state index contributed by atoms with van der Waals surface area (Å²) in [6.07, 6.45) is 1.33. The van der Waals surface area contributed by atoms with Crippen molar-refractivity contribution in [3.8, 4) is 0 Å². The summed E-state index contributed by atoms with van der Waals surface area (Å²) in [5.41, 5.74) is 5.09. The number of aryl methyl sites for hydroxylation is 5. The van der Waals surface area contributed by atoms with Crippen LogP contribution >= 0.6 is 0 Å². The Morgan fingerprint density at radius 3 is 2.22 bits per heavy atom. The summed E-state index contributed by atoms with van der Waals surface area (Å²) in [6, 6.07) is 8.76. The van der Waals surface area contributed by atoms with E-state index in [4.69, 9.17) is 0 Å². The molecule has 1 saturated heterocycles. The van der Waals surface area contributed by atoms with Crippen molar-refractivity contribution in [2.24, 2.45) is 0 Å². The molecule has 32 heavy (non-hydrogen) atoms. The van der Waals surface area contributed by atoms with Crippen LogP contribution < -0.4 is 10.6 Å². The molecular weight excluding hydrogens is 426 g/mol. The topological polar surface area (TPSA) is 95.6 Å². The number of sulfonamides is 1. The first-order valence-corrected chi connectivity index (χ1v) is 12.2. The predicted octanol–water partition coefficient (Wildman–Crippen LogP) is 3.14. The molecule has 2 aromatic rings. The number of rotatable bonds is 5. The molecular formula is C24H31N3O4S. The van der Waals surface area contributed by atoms with Crippen LogP contribution in [0.2, 0.25) is 0 Å². The Morgan fingerprint density at radius 2 is 1.59 bits per heavy atom. The van der Waals surface area contributed by atoms with Crippen LogP contribution in [0.4, 0.5) is 5.69 Å². The second kappa shape index (κ2) is 9.42. The van der Waals surface area contributed by atoms with E-state index in [0.717, 1.165) is 16.7 Å². The molecule has 0 aromatic heterocycles. The summed E-state index contributed by atoms with van der Waals surface area (Å²) in [6.45, 7) is 9.92. The van der Waals surface area contributed by atoms with Gasteiger partial charge in [-0.05, 0) is 81.8 Å². The van der Waals surface area contributed by atoms with Gasteiger partial charge >= 0.3 is 11.8 Å². The van der Waals surface area contributed by atoms with Gasteiger partial charge in [0, 0.05) is 24.8 Å². The first-order valence-electron chi connectivity index (χ1n) is 10.8. The molecule has 7 nitrogen and oxygen atoms in total. The van der Waals surface area contributed by atoms with E-state index in [1.54, 1.807) is 26.0 Å². The van der Waals surface area contributed by atoms with Crippen LogP contribution in [-0.4, -0.2) is 43.7 Å². The molecule has 3 rings (SSSR count). The molecule has 0 saturated carbocycles. The monoisotopic (exact) mass is 457 g/mol. The zero-order chi connectivity index (χ0) is 23.6. The summed E-state index contributed by atoms with van der Waals surface area (Å²) in [5, 5.41) is 5.20.